The molecule has 21 heavy (non-hydrogen) atoms. The van der Waals surface area contributed by atoms with Crippen molar-refractivity contribution >= 4 is 17.2 Å². The largest absolute Gasteiger partial charge is 0.390 e. The Labute approximate surface area is 124 Å². The Morgan fingerprint density at radius 2 is 1.86 bits per heavy atom. The Hall–Kier alpha value is -2.33. The average molecular weight is 281 g/mol. The number of aliphatic hydroxyl groups is 1. The molecule has 0 spiro atoms. The Morgan fingerprint density at radius 1 is 1.14 bits per heavy atom. The van der Waals surface area contributed by atoms with Gasteiger partial charge in [0.25, 0.3) is 0 Å². The molecule has 108 valence electrons. The molecule has 4 heteroatoms. The molecule has 0 aliphatic rings. The number of pyridine rings is 1. The topological polar surface area (TPSA) is 40.8 Å². The van der Waals surface area contributed by atoms with Gasteiger partial charge in [-0.2, -0.15) is 0 Å². The molecule has 2 heterocycles. The molecule has 0 atom stereocenters. The van der Waals surface area contributed by atoms with Crippen LogP contribution in [0.1, 0.15) is 16.8 Å². The van der Waals surface area contributed by atoms with Gasteiger partial charge < -0.3 is 10.0 Å². The number of rotatable bonds is 3. The molecule has 4 nitrogen and oxygen atoms in total. The van der Waals surface area contributed by atoms with Gasteiger partial charge in [0.2, 0.25) is 0 Å². The van der Waals surface area contributed by atoms with E-state index < -0.39 is 0 Å². The van der Waals surface area contributed by atoms with Crippen molar-refractivity contribution in [1.82, 2.24) is 9.38 Å². The van der Waals surface area contributed by atoms with Gasteiger partial charge in [-0.3, -0.25) is 4.40 Å². The Morgan fingerprint density at radius 3 is 2.52 bits per heavy atom. The number of aliphatic hydroxyl groups excluding tert-OH is 1. The smallest absolute Gasteiger partial charge is 0.157 e. The maximum absolute atomic E-state index is 9.72. The molecule has 0 unspecified atom stereocenters. The van der Waals surface area contributed by atoms with Crippen LogP contribution < -0.4 is 4.90 Å². The monoisotopic (exact) mass is 281 g/mol. The van der Waals surface area contributed by atoms with E-state index in [1.165, 1.54) is 11.1 Å². The molecule has 2 aromatic heterocycles. The first-order chi connectivity index (χ1) is 10.1. The van der Waals surface area contributed by atoms with Crippen LogP contribution in [0.4, 0.5) is 11.5 Å². The van der Waals surface area contributed by atoms with Crippen LogP contribution in [0.2, 0.25) is 0 Å². The quantitative estimate of drug-likeness (QED) is 0.801. The molecule has 1 aromatic carbocycles. The fraction of sp³-hybridized carbons (Fsp3) is 0.235. The lowest BCUT2D eigenvalue weighted by Gasteiger charge is -2.19. The van der Waals surface area contributed by atoms with Crippen LogP contribution in [0.3, 0.4) is 0 Å². The van der Waals surface area contributed by atoms with Crippen molar-refractivity contribution in [3.8, 4) is 0 Å². The van der Waals surface area contributed by atoms with Crippen LogP contribution in [0, 0.1) is 13.8 Å². The zero-order chi connectivity index (χ0) is 15.0. The minimum atomic E-state index is -0.0460. The van der Waals surface area contributed by atoms with E-state index in [0.29, 0.717) is 0 Å². The average Bonchev–Trinajstić information content (AvgIpc) is 2.83. The molecule has 0 amide bonds. The van der Waals surface area contributed by atoms with Crippen LogP contribution in [-0.4, -0.2) is 21.5 Å². The zero-order valence-electron chi connectivity index (χ0n) is 12.5. The summed E-state index contributed by atoms with van der Waals surface area (Å²) < 4.78 is 1.93. The van der Waals surface area contributed by atoms with Gasteiger partial charge in [-0.1, -0.05) is 12.1 Å². The lowest BCUT2D eigenvalue weighted by molar-refractivity contribution is 0.276. The number of fused-ring (bicyclic) bond motifs is 1. The van der Waals surface area contributed by atoms with Crippen molar-refractivity contribution in [1.29, 1.82) is 0 Å². The lowest BCUT2D eigenvalue weighted by atomic mass is 10.1. The van der Waals surface area contributed by atoms with Crippen LogP contribution >= 0.6 is 0 Å². The lowest BCUT2D eigenvalue weighted by Crippen LogP contribution is -2.12. The molecule has 0 saturated carbocycles. The van der Waals surface area contributed by atoms with Crippen molar-refractivity contribution in [3.05, 3.63) is 59.4 Å². The second kappa shape index (κ2) is 5.22. The van der Waals surface area contributed by atoms with Crippen molar-refractivity contribution < 1.29 is 5.11 Å². The fourth-order valence-corrected chi connectivity index (χ4v) is 2.72. The van der Waals surface area contributed by atoms with Gasteiger partial charge in [0.1, 0.15) is 5.65 Å². The molecule has 1 N–H and O–H groups in total. The van der Waals surface area contributed by atoms with E-state index in [2.05, 4.69) is 37.0 Å². The Balaban J connectivity index is 2.14. The molecule has 0 saturated heterocycles. The summed E-state index contributed by atoms with van der Waals surface area (Å²) in [5.74, 6) is 0.786. The van der Waals surface area contributed by atoms with E-state index in [1.54, 1.807) is 0 Å². The van der Waals surface area contributed by atoms with E-state index in [4.69, 9.17) is 0 Å². The summed E-state index contributed by atoms with van der Waals surface area (Å²) in [6.07, 6.45) is 1.92. The minimum Gasteiger partial charge on any atom is -0.390 e. The maximum atomic E-state index is 9.72. The Bertz CT molecular complexity index is 772. The molecular formula is C17H19N3O. The molecule has 3 aromatic rings. The summed E-state index contributed by atoms with van der Waals surface area (Å²) >= 11 is 0. The summed E-state index contributed by atoms with van der Waals surface area (Å²) in [6, 6.07) is 12.2. The number of anilines is 2. The minimum absolute atomic E-state index is 0.0460. The van der Waals surface area contributed by atoms with E-state index in [1.807, 2.05) is 40.7 Å². The molecule has 0 radical (unpaired) electrons. The number of hydrogen-bond donors (Lipinski definition) is 1. The van der Waals surface area contributed by atoms with Crippen molar-refractivity contribution in [2.45, 2.75) is 20.5 Å². The fourth-order valence-electron chi connectivity index (χ4n) is 2.72. The van der Waals surface area contributed by atoms with Gasteiger partial charge in [-0.15, -0.1) is 0 Å². The molecule has 0 aliphatic carbocycles. The van der Waals surface area contributed by atoms with Crippen molar-refractivity contribution in [2.75, 3.05) is 11.9 Å². The van der Waals surface area contributed by atoms with Crippen molar-refractivity contribution in [3.63, 3.8) is 0 Å². The van der Waals surface area contributed by atoms with Gasteiger partial charge in [-0.25, -0.2) is 4.98 Å². The first kappa shape index (κ1) is 13.6. The van der Waals surface area contributed by atoms with Gasteiger partial charge in [0.15, 0.2) is 5.82 Å². The highest BCUT2D eigenvalue weighted by Gasteiger charge is 2.16. The number of hydrogen-bond acceptors (Lipinski definition) is 3. The van der Waals surface area contributed by atoms with Crippen LogP contribution in [0.5, 0.6) is 0 Å². The molecular weight excluding hydrogens is 262 g/mol. The Kier molecular flexibility index (Phi) is 3.39. The predicted molar refractivity (Wildman–Crippen MR) is 85.1 cm³/mol. The SMILES string of the molecule is Cc1cc(C)cc(N(C)c2nc3ccccn3c2CO)c1. The molecule has 3 rings (SSSR count). The van der Waals surface area contributed by atoms with E-state index in [0.717, 1.165) is 22.8 Å². The number of aryl methyl sites for hydroxylation is 2. The predicted octanol–water partition coefficient (Wildman–Crippen LogP) is 3.21. The second-order valence-electron chi connectivity index (χ2n) is 5.37. The van der Waals surface area contributed by atoms with Gasteiger partial charge in [0, 0.05) is 18.9 Å². The van der Waals surface area contributed by atoms with E-state index in [9.17, 15) is 5.11 Å². The summed E-state index contributed by atoms with van der Waals surface area (Å²) in [5, 5.41) is 9.72. The third kappa shape index (κ3) is 2.38. The summed E-state index contributed by atoms with van der Waals surface area (Å²) in [4.78, 5) is 6.67. The van der Waals surface area contributed by atoms with E-state index in [-0.39, 0.29) is 6.61 Å². The third-order valence-electron chi connectivity index (χ3n) is 3.67. The third-order valence-corrected chi connectivity index (χ3v) is 3.67. The van der Waals surface area contributed by atoms with Crippen LogP contribution in [-0.2, 0) is 6.61 Å². The highest BCUT2D eigenvalue weighted by Crippen LogP contribution is 2.28. The second-order valence-corrected chi connectivity index (χ2v) is 5.37. The summed E-state index contributed by atoms with van der Waals surface area (Å²) in [6.45, 7) is 4.12. The van der Waals surface area contributed by atoms with Crippen molar-refractivity contribution in [2.24, 2.45) is 0 Å². The normalized spacial score (nSPS) is 11.0. The van der Waals surface area contributed by atoms with Gasteiger partial charge in [-0.05, 0) is 49.2 Å². The number of aromatic nitrogens is 2. The first-order valence-corrected chi connectivity index (χ1v) is 6.99. The standard InChI is InChI=1S/C17H19N3O/c1-12-8-13(2)10-14(9-12)19(3)17-15(11-21)20-7-5-4-6-16(20)18-17/h4-10,21H,11H2,1-3H3. The maximum Gasteiger partial charge on any atom is 0.157 e. The summed E-state index contributed by atoms with van der Waals surface area (Å²) in [5.41, 5.74) is 5.14. The molecule has 0 bridgehead atoms. The summed E-state index contributed by atoms with van der Waals surface area (Å²) in [7, 11) is 1.98. The highest BCUT2D eigenvalue weighted by molar-refractivity contribution is 5.66. The molecule has 0 aliphatic heterocycles. The highest BCUT2D eigenvalue weighted by atomic mass is 16.3. The van der Waals surface area contributed by atoms with Crippen LogP contribution in [0.25, 0.3) is 5.65 Å². The number of imidazole rings is 1. The zero-order valence-corrected chi connectivity index (χ0v) is 12.5. The number of benzene rings is 1. The molecule has 0 fully saturated rings. The van der Waals surface area contributed by atoms with Gasteiger partial charge >= 0.3 is 0 Å². The van der Waals surface area contributed by atoms with Crippen LogP contribution in [0.15, 0.2) is 42.6 Å². The number of nitrogens with zero attached hydrogens (tertiary/aromatic N) is 3. The first-order valence-electron chi connectivity index (χ1n) is 6.99. The van der Waals surface area contributed by atoms with Gasteiger partial charge in [0.05, 0.1) is 12.3 Å². The van der Waals surface area contributed by atoms with E-state index >= 15 is 0 Å².